The Hall–Kier alpha value is -5.14. The fourth-order valence-electron chi connectivity index (χ4n) is 9.18. The number of allylic oxidation sites excluding steroid dienone is 1. The molecule has 5 amide bonds. The maximum Gasteiger partial charge on any atom is 0.437 e. The van der Waals surface area contributed by atoms with Gasteiger partial charge in [0.15, 0.2) is 11.4 Å². The summed E-state index contributed by atoms with van der Waals surface area (Å²) in [6.45, 7) is 14.1. The first-order valence-electron chi connectivity index (χ1n) is 24.2. The van der Waals surface area contributed by atoms with Crippen LogP contribution >= 0.6 is 0 Å². The van der Waals surface area contributed by atoms with Gasteiger partial charge in [-0.1, -0.05) is 52.7 Å². The molecule has 3 N–H and O–H groups in total. The maximum absolute atomic E-state index is 15.2. The second-order valence-electron chi connectivity index (χ2n) is 20.4. The molecule has 0 spiro atoms. The summed E-state index contributed by atoms with van der Waals surface area (Å²) in [5.41, 5.74) is -4.71. The average Bonchev–Trinajstić information content (AvgIpc) is 3.96. The number of carbonyl (C=O) groups excluding carboxylic acids is 5. The van der Waals surface area contributed by atoms with Crippen molar-refractivity contribution in [2.24, 2.45) is 17.8 Å². The zero-order chi connectivity index (χ0) is 50.7. The molecule has 2 saturated heterocycles. The van der Waals surface area contributed by atoms with Crippen LogP contribution in [0.2, 0.25) is 0 Å². The van der Waals surface area contributed by atoms with Gasteiger partial charge in [-0.15, -0.1) is 0 Å². The van der Waals surface area contributed by atoms with E-state index in [1.165, 1.54) is 33.8 Å². The van der Waals surface area contributed by atoms with Gasteiger partial charge in [-0.2, -0.15) is 13.2 Å². The summed E-state index contributed by atoms with van der Waals surface area (Å²) in [6.07, 6.45) is 2.00. The van der Waals surface area contributed by atoms with Crippen molar-refractivity contribution in [2.45, 2.75) is 160 Å². The Kier molecular flexibility index (Phi) is 16.2. The maximum atomic E-state index is 15.2. The molecule has 2 aromatic rings. The largest absolute Gasteiger partial charge is 0.493 e. The monoisotopic (exact) mass is 990 g/mol. The number of ether oxygens (including phenoxy) is 3. The van der Waals surface area contributed by atoms with Crippen molar-refractivity contribution in [3.05, 3.63) is 41.6 Å². The highest BCUT2D eigenvalue weighted by Crippen LogP contribution is 2.45. The summed E-state index contributed by atoms with van der Waals surface area (Å²) in [6, 6.07) is 1.93. The van der Waals surface area contributed by atoms with E-state index < -0.39 is 91.9 Å². The summed E-state index contributed by atoms with van der Waals surface area (Å²) in [5.74, 6) is -3.44. The van der Waals surface area contributed by atoms with Crippen molar-refractivity contribution in [2.75, 3.05) is 32.8 Å². The number of nitrogens with zero attached hydrogens (tertiary/aromatic N) is 3. The van der Waals surface area contributed by atoms with E-state index in [2.05, 4.69) is 20.3 Å². The number of halogens is 3. The van der Waals surface area contributed by atoms with Gasteiger partial charge in [0.1, 0.15) is 29.0 Å². The van der Waals surface area contributed by atoms with Crippen molar-refractivity contribution in [3.63, 3.8) is 0 Å². The van der Waals surface area contributed by atoms with Gasteiger partial charge in [0, 0.05) is 43.3 Å². The van der Waals surface area contributed by atoms with Crippen LogP contribution in [0.5, 0.6) is 11.5 Å². The summed E-state index contributed by atoms with van der Waals surface area (Å²) in [4.78, 5) is 76.0. The number of hydrogen-bond donors (Lipinski definition) is 3. The van der Waals surface area contributed by atoms with E-state index >= 15 is 13.2 Å². The number of benzene rings is 1. The van der Waals surface area contributed by atoms with Crippen LogP contribution in [-0.4, -0.2) is 114 Å². The molecule has 3 fully saturated rings. The molecule has 1 aromatic heterocycles. The van der Waals surface area contributed by atoms with Crippen LogP contribution in [0.15, 0.2) is 30.4 Å². The van der Waals surface area contributed by atoms with Crippen molar-refractivity contribution in [3.8, 4) is 11.5 Å². The second kappa shape index (κ2) is 21.1. The van der Waals surface area contributed by atoms with Crippen molar-refractivity contribution >= 4 is 50.6 Å². The van der Waals surface area contributed by atoms with Crippen LogP contribution in [-0.2, 0) is 46.5 Å². The highest BCUT2D eigenvalue weighted by atomic mass is 32.2. The first-order chi connectivity index (χ1) is 32.3. The topological polar surface area (TPSA) is 203 Å². The Morgan fingerprint density at radius 2 is 1.72 bits per heavy atom. The van der Waals surface area contributed by atoms with E-state index in [-0.39, 0.29) is 54.7 Å². The summed E-state index contributed by atoms with van der Waals surface area (Å²) >= 11 is 0. The molecule has 69 heavy (non-hydrogen) atoms. The number of fused-ring (bicyclic) bond motifs is 2. The number of sulfonamides is 1. The van der Waals surface area contributed by atoms with E-state index in [1.807, 2.05) is 19.9 Å². The number of pyridine rings is 1. The molecule has 20 heteroatoms. The highest BCUT2D eigenvalue weighted by Gasteiger charge is 2.55. The third-order valence-corrected chi connectivity index (χ3v) is 16.3. The fraction of sp³-hybridized carbons (Fsp3) is 0.673. The molecule has 6 rings (SSSR count). The molecule has 16 nitrogen and oxygen atoms in total. The SMILES string of the molecule is CCc1c(O[C@]2(C)C[C@H]3C(=O)N[C@@](C)(C(=O)NS(=O)(=O)C4(C)CC4)[C@@H](C)/C=C\CCCCC[C@H](NC(=O)OCC(C)C)C(=O)N3C2)c(C(F)(F)F)nc2ccc(OCC3CCN(C(C)=O)CC3)cc12. The van der Waals surface area contributed by atoms with Crippen LogP contribution in [0.4, 0.5) is 18.0 Å². The lowest BCUT2D eigenvalue weighted by Gasteiger charge is -2.36. The molecule has 4 heterocycles. The Balaban J connectivity index is 1.38. The van der Waals surface area contributed by atoms with Gasteiger partial charge in [-0.3, -0.25) is 23.9 Å². The van der Waals surface area contributed by atoms with Gasteiger partial charge in [0.05, 0.1) is 30.0 Å². The first-order valence-corrected chi connectivity index (χ1v) is 25.7. The number of aryl methyl sites for hydroxylation is 1. The lowest BCUT2D eigenvalue weighted by Crippen LogP contribution is -2.64. The number of rotatable bonds is 12. The zero-order valence-electron chi connectivity index (χ0n) is 41.1. The van der Waals surface area contributed by atoms with Gasteiger partial charge in [0.25, 0.3) is 5.91 Å². The number of likely N-dealkylation sites (tertiary alicyclic amines) is 1. The van der Waals surface area contributed by atoms with Crippen LogP contribution in [0.1, 0.15) is 131 Å². The van der Waals surface area contributed by atoms with Gasteiger partial charge >= 0.3 is 12.3 Å². The Labute approximate surface area is 403 Å². The van der Waals surface area contributed by atoms with Gasteiger partial charge in [-0.25, -0.2) is 18.2 Å². The average molecular weight is 991 g/mol. The molecule has 382 valence electrons. The molecule has 0 radical (unpaired) electrons. The van der Waals surface area contributed by atoms with E-state index in [0.29, 0.717) is 69.4 Å². The minimum absolute atomic E-state index is 0.00826. The number of hydrogen-bond acceptors (Lipinski definition) is 11. The highest BCUT2D eigenvalue weighted by molar-refractivity contribution is 7.91. The predicted molar refractivity (Wildman–Crippen MR) is 251 cm³/mol. The van der Waals surface area contributed by atoms with Gasteiger partial charge in [-0.05, 0) is 102 Å². The quantitative estimate of drug-likeness (QED) is 0.185. The number of alkyl carbamates (subject to hydrolysis) is 1. The van der Waals surface area contributed by atoms with E-state index in [0.717, 1.165) is 17.7 Å². The first kappa shape index (κ1) is 53.2. The Morgan fingerprint density at radius 3 is 2.35 bits per heavy atom. The molecule has 4 aliphatic rings. The minimum Gasteiger partial charge on any atom is -0.493 e. The minimum atomic E-state index is -5.01. The fourth-order valence-corrected chi connectivity index (χ4v) is 10.5. The van der Waals surface area contributed by atoms with Crippen LogP contribution < -0.4 is 24.8 Å². The molecule has 3 aliphatic heterocycles. The van der Waals surface area contributed by atoms with Crippen LogP contribution in [0, 0.1) is 17.8 Å². The number of carbonyl (C=O) groups is 5. The second-order valence-corrected chi connectivity index (χ2v) is 22.6. The van der Waals surface area contributed by atoms with Gasteiger partial charge < -0.3 is 34.6 Å². The lowest BCUT2D eigenvalue weighted by molar-refractivity contribution is -0.144. The molecular formula is C49H69F3N6O10S. The smallest absolute Gasteiger partial charge is 0.437 e. The molecule has 1 aliphatic carbocycles. The van der Waals surface area contributed by atoms with Crippen LogP contribution in [0.25, 0.3) is 10.9 Å². The zero-order valence-corrected chi connectivity index (χ0v) is 41.9. The standard InChI is InChI=1S/C49H69F3N6O10S/c1-9-35-36-25-34(66-28-33-19-23-57(24-20-33)32(5)59)17-18-37(36)53-41(49(50,51)52)40(35)68-46(6)26-39-42(60)55-48(8,44(62)56-69(64,65)47(7)21-22-47)31(4)15-13-11-10-12-14-16-38(43(61)58(39)29-46)54-45(63)67-27-30(2)3/h13,15,17-18,25,30-31,33,38-39H,9-12,14,16,19-24,26-29H2,1-8H3,(H,54,63)(H,55,60)(H,56,62)/b15-13-/t31-,38-,39-,46+,48+/m0/s1. The molecule has 0 bridgehead atoms. The third kappa shape index (κ3) is 12.4. The lowest BCUT2D eigenvalue weighted by atomic mass is 9.85. The molecule has 1 aromatic carbocycles. The predicted octanol–water partition coefficient (Wildman–Crippen LogP) is 6.97. The molecule has 5 atom stereocenters. The normalized spacial score (nSPS) is 26.6. The van der Waals surface area contributed by atoms with E-state index in [1.54, 1.807) is 37.0 Å². The Morgan fingerprint density at radius 1 is 1.03 bits per heavy atom. The van der Waals surface area contributed by atoms with Crippen molar-refractivity contribution in [1.29, 1.82) is 0 Å². The number of nitrogens with one attached hydrogen (secondary N) is 3. The third-order valence-electron chi connectivity index (χ3n) is 14.1. The van der Waals surface area contributed by atoms with Gasteiger partial charge in [0.2, 0.25) is 27.7 Å². The number of alkyl halides is 3. The number of amides is 5. The summed E-state index contributed by atoms with van der Waals surface area (Å²) < 4.78 is 91.4. The molecule has 1 saturated carbocycles. The van der Waals surface area contributed by atoms with Crippen molar-refractivity contribution < 1.29 is 59.8 Å². The van der Waals surface area contributed by atoms with Crippen LogP contribution in [0.3, 0.4) is 0 Å². The van der Waals surface area contributed by atoms with E-state index in [9.17, 15) is 32.4 Å². The van der Waals surface area contributed by atoms with Crippen molar-refractivity contribution in [1.82, 2.24) is 30.1 Å². The molecular weight excluding hydrogens is 922 g/mol. The summed E-state index contributed by atoms with van der Waals surface area (Å²) in [7, 11) is -4.17. The number of aromatic nitrogens is 1. The summed E-state index contributed by atoms with van der Waals surface area (Å²) in [5, 5.41) is 5.78. The number of piperidine rings is 1. The van der Waals surface area contributed by atoms with E-state index in [4.69, 9.17) is 14.2 Å². The molecule has 0 unspecified atom stereocenters. The Bertz CT molecular complexity index is 2400.